The van der Waals surface area contributed by atoms with Gasteiger partial charge in [-0.2, -0.15) is 11.8 Å². The molecule has 1 unspecified atom stereocenters. The summed E-state index contributed by atoms with van der Waals surface area (Å²) in [5.41, 5.74) is 1.32. The van der Waals surface area contributed by atoms with Crippen molar-refractivity contribution >= 4 is 11.8 Å². The Labute approximate surface area is 121 Å². The van der Waals surface area contributed by atoms with E-state index in [1.54, 1.807) is 7.11 Å². The molecule has 1 aromatic carbocycles. The van der Waals surface area contributed by atoms with Crippen LogP contribution in [0.25, 0.3) is 0 Å². The summed E-state index contributed by atoms with van der Waals surface area (Å²) in [6.45, 7) is 0. The van der Waals surface area contributed by atoms with Crippen molar-refractivity contribution in [3.63, 3.8) is 0 Å². The van der Waals surface area contributed by atoms with Gasteiger partial charge in [-0.1, -0.05) is 31.4 Å². The lowest BCUT2D eigenvalue weighted by molar-refractivity contribution is 0.413. The molecule has 0 heterocycles. The second-order valence-corrected chi connectivity index (χ2v) is 6.54. The average molecular weight is 279 g/mol. The third-order valence-corrected chi connectivity index (χ3v) is 5.36. The predicted molar refractivity (Wildman–Crippen MR) is 84.1 cm³/mol. The quantitative estimate of drug-likeness (QED) is 0.849. The van der Waals surface area contributed by atoms with Gasteiger partial charge >= 0.3 is 0 Å². The van der Waals surface area contributed by atoms with Crippen LogP contribution >= 0.6 is 11.8 Å². The monoisotopic (exact) mass is 279 g/mol. The largest absolute Gasteiger partial charge is 0.497 e. The number of thioether (sulfide) groups is 1. The summed E-state index contributed by atoms with van der Waals surface area (Å²) in [6.07, 6.45) is 7.07. The van der Waals surface area contributed by atoms with Crippen molar-refractivity contribution in [2.75, 3.05) is 19.9 Å². The lowest BCUT2D eigenvalue weighted by Crippen LogP contribution is -2.21. The second-order valence-electron chi connectivity index (χ2n) is 5.21. The summed E-state index contributed by atoms with van der Waals surface area (Å²) < 4.78 is 5.31. The normalized spacial score (nSPS) is 18.2. The number of benzene rings is 1. The van der Waals surface area contributed by atoms with Crippen molar-refractivity contribution in [3.8, 4) is 5.75 Å². The third kappa shape index (κ3) is 4.43. The predicted octanol–water partition coefficient (Wildman–Crippen LogP) is 4.02. The van der Waals surface area contributed by atoms with Crippen LogP contribution in [-0.2, 0) is 0 Å². The Hall–Kier alpha value is -0.670. The highest BCUT2D eigenvalue weighted by Gasteiger charge is 2.17. The summed E-state index contributed by atoms with van der Waals surface area (Å²) in [6, 6.07) is 8.82. The van der Waals surface area contributed by atoms with Gasteiger partial charge in [-0.05, 0) is 37.6 Å². The van der Waals surface area contributed by atoms with Crippen molar-refractivity contribution in [1.82, 2.24) is 5.32 Å². The molecule has 1 fully saturated rings. The van der Waals surface area contributed by atoms with E-state index in [1.165, 1.54) is 37.7 Å². The molecule has 0 saturated heterocycles. The summed E-state index contributed by atoms with van der Waals surface area (Å²) in [5.74, 6) is 2.09. The molecule has 0 radical (unpaired) electrons. The minimum absolute atomic E-state index is 0.419. The van der Waals surface area contributed by atoms with E-state index in [0.29, 0.717) is 6.04 Å². The van der Waals surface area contributed by atoms with Gasteiger partial charge in [-0.15, -0.1) is 0 Å². The number of hydrogen-bond donors (Lipinski definition) is 1. The van der Waals surface area contributed by atoms with E-state index in [-0.39, 0.29) is 0 Å². The Bertz CT molecular complexity index is 377. The van der Waals surface area contributed by atoms with E-state index in [2.05, 4.69) is 35.3 Å². The molecule has 0 amide bonds. The van der Waals surface area contributed by atoms with Crippen LogP contribution in [0, 0.1) is 0 Å². The fourth-order valence-electron chi connectivity index (χ4n) is 2.67. The zero-order valence-corrected chi connectivity index (χ0v) is 12.8. The van der Waals surface area contributed by atoms with Crippen molar-refractivity contribution in [2.45, 2.75) is 43.4 Å². The number of ether oxygens (including phenoxy) is 1. The molecule has 106 valence electrons. The van der Waals surface area contributed by atoms with Crippen molar-refractivity contribution < 1.29 is 4.74 Å². The van der Waals surface area contributed by atoms with E-state index in [0.717, 1.165) is 16.8 Å². The molecule has 0 bridgehead atoms. The van der Waals surface area contributed by atoms with Crippen LogP contribution in [0.1, 0.15) is 43.7 Å². The number of hydrogen-bond acceptors (Lipinski definition) is 3. The summed E-state index contributed by atoms with van der Waals surface area (Å²) in [5, 5.41) is 4.30. The highest BCUT2D eigenvalue weighted by molar-refractivity contribution is 7.99. The first-order chi connectivity index (χ1) is 9.33. The molecule has 0 aromatic heterocycles. The molecule has 3 heteroatoms. The van der Waals surface area contributed by atoms with Crippen molar-refractivity contribution in [3.05, 3.63) is 29.8 Å². The lowest BCUT2D eigenvalue weighted by atomic mass is 10.0. The fourth-order valence-corrected chi connectivity index (χ4v) is 4.16. The highest BCUT2D eigenvalue weighted by atomic mass is 32.2. The first-order valence-electron chi connectivity index (χ1n) is 7.26. The molecule has 2 nitrogen and oxygen atoms in total. The molecule has 1 aliphatic carbocycles. The Balaban J connectivity index is 1.91. The van der Waals surface area contributed by atoms with E-state index in [9.17, 15) is 0 Å². The minimum Gasteiger partial charge on any atom is -0.497 e. The highest BCUT2D eigenvalue weighted by Crippen LogP contribution is 2.31. The van der Waals surface area contributed by atoms with Crippen LogP contribution in [0.5, 0.6) is 5.75 Å². The number of nitrogens with one attached hydrogen (secondary N) is 1. The summed E-state index contributed by atoms with van der Waals surface area (Å²) >= 11 is 2.14. The maximum Gasteiger partial charge on any atom is 0.119 e. The molecule has 1 N–H and O–H groups in total. The summed E-state index contributed by atoms with van der Waals surface area (Å²) in [4.78, 5) is 0. The van der Waals surface area contributed by atoms with Gasteiger partial charge in [0.2, 0.25) is 0 Å². The lowest BCUT2D eigenvalue weighted by Gasteiger charge is -2.24. The number of rotatable bonds is 6. The van der Waals surface area contributed by atoms with Gasteiger partial charge in [0, 0.05) is 17.0 Å². The van der Waals surface area contributed by atoms with Crippen molar-refractivity contribution in [1.29, 1.82) is 0 Å². The molecule has 1 atom stereocenters. The van der Waals surface area contributed by atoms with Crippen LogP contribution in [0.2, 0.25) is 0 Å². The number of methoxy groups -OCH3 is 1. The molecule has 1 aromatic rings. The Morgan fingerprint density at radius 3 is 2.79 bits per heavy atom. The molecule has 2 rings (SSSR count). The zero-order chi connectivity index (χ0) is 13.5. The van der Waals surface area contributed by atoms with Crippen LogP contribution in [0.15, 0.2) is 24.3 Å². The van der Waals surface area contributed by atoms with Crippen LogP contribution in [0.3, 0.4) is 0 Å². The van der Waals surface area contributed by atoms with Gasteiger partial charge in [0.1, 0.15) is 5.75 Å². The zero-order valence-electron chi connectivity index (χ0n) is 12.0. The van der Waals surface area contributed by atoms with Gasteiger partial charge in [-0.3, -0.25) is 0 Å². The Kier molecular flexibility index (Phi) is 6.05. The molecule has 1 aliphatic rings. The summed E-state index contributed by atoms with van der Waals surface area (Å²) in [7, 11) is 3.77. The topological polar surface area (TPSA) is 21.3 Å². The second kappa shape index (κ2) is 7.81. The molecule has 1 saturated carbocycles. The van der Waals surface area contributed by atoms with Crippen LogP contribution in [0.4, 0.5) is 0 Å². The maximum atomic E-state index is 5.31. The van der Waals surface area contributed by atoms with Gasteiger partial charge < -0.3 is 10.1 Å². The van der Waals surface area contributed by atoms with Gasteiger partial charge in [-0.25, -0.2) is 0 Å². The maximum absolute atomic E-state index is 5.31. The molecular weight excluding hydrogens is 254 g/mol. The Morgan fingerprint density at radius 1 is 1.32 bits per heavy atom. The van der Waals surface area contributed by atoms with E-state index < -0.39 is 0 Å². The van der Waals surface area contributed by atoms with Gasteiger partial charge in [0.05, 0.1) is 7.11 Å². The van der Waals surface area contributed by atoms with Gasteiger partial charge in [0.15, 0.2) is 0 Å². The van der Waals surface area contributed by atoms with E-state index >= 15 is 0 Å². The standard InChI is InChI=1S/C16H25NOS/c1-17-16(12-19-15-9-4-3-5-10-15)13-7-6-8-14(11-13)18-2/h6-8,11,15-17H,3-5,9-10,12H2,1-2H3. The van der Waals surface area contributed by atoms with E-state index in [1.807, 2.05) is 13.1 Å². The van der Waals surface area contributed by atoms with Crippen LogP contribution in [-0.4, -0.2) is 25.2 Å². The average Bonchev–Trinajstić information content (AvgIpc) is 2.49. The molecule has 0 aliphatic heterocycles. The van der Waals surface area contributed by atoms with Gasteiger partial charge in [0.25, 0.3) is 0 Å². The van der Waals surface area contributed by atoms with Crippen molar-refractivity contribution in [2.24, 2.45) is 0 Å². The SMILES string of the molecule is CNC(CSC1CCCCC1)c1cccc(OC)c1. The first-order valence-corrected chi connectivity index (χ1v) is 8.31. The first kappa shape index (κ1) is 14.7. The van der Waals surface area contributed by atoms with Crippen LogP contribution < -0.4 is 10.1 Å². The molecule has 19 heavy (non-hydrogen) atoms. The molecular formula is C16H25NOS. The molecule has 0 spiro atoms. The van der Waals surface area contributed by atoms with E-state index in [4.69, 9.17) is 4.74 Å². The third-order valence-electron chi connectivity index (χ3n) is 3.90. The fraction of sp³-hybridized carbons (Fsp3) is 0.625. The smallest absolute Gasteiger partial charge is 0.119 e. The minimum atomic E-state index is 0.419. The Morgan fingerprint density at radius 2 is 2.11 bits per heavy atom.